The smallest absolute Gasteiger partial charge is 0.153 e. The molecular formula is C10H10N2O. The molecule has 2 rings (SSSR count). The summed E-state index contributed by atoms with van der Waals surface area (Å²) in [5.41, 5.74) is 2.77. The van der Waals surface area contributed by atoms with E-state index in [1.54, 1.807) is 19.5 Å². The highest BCUT2D eigenvalue weighted by Crippen LogP contribution is 2.21. The van der Waals surface area contributed by atoms with Crippen LogP contribution in [0.3, 0.4) is 0 Å². The summed E-state index contributed by atoms with van der Waals surface area (Å²) in [6, 6.07) is 3.76. The van der Waals surface area contributed by atoms with E-state index in [2.05, 4.69) is 9.98 Å². The van der Waals surface area contributed by atoms with E-state index in [9.17, 15) is 0 Å². The van der Waals surface area contributed by atoms with Crippen LogP contribution in [0.2, 0.25) is 0 Å². The Labute approximate surface area is 76.1 Å². The molecule has 13 heavy (non-hydrogen) atoms. The minimum atomic E-state index is 0.788. The normalized spacial score (nSPS) is 11.5. The van der Waals surface area contributed by atoms with Gasteiger partial charge in [-0.2, -0.15) is 0 Å². The molecule has 0 bridgehead atoms. The molecule has 0 unspecified atom stereocenters. The van der Waals surface area contributed by atoms with Gasteiger partial charge in [0.05, 0.1) is 6.21 Å². The topological polar surface area (TPSA) is 38.4 Å². The van der Waals surface area contributed by atoms with Gasteiger partial charge in [0.15, 0.2) is 11.3 Å². The van der Waals surface area contributed by atoms with Crippen molar-refractivity contribution in [3.8, 4) is 0 Å². The number of rotatable bonds is 1. The summed E-state index contributed by atoms with van der Waals surface area (Å²) in [4.78, 5) is 8.14. The van der Waals surface area contributed by atoms with Gasteiger partial charge in [0.2, 0.25) is 0 Å². The first-order valence-electron chi connectivity index (χ1n) is 4.09. The highest BCUT2D eigenvalue weighted by Gasteiger charge is 2.07. The van der Waals surface area contributed by atoms with Crippen molar-refractivity contribution in [3.05, 3.63) is 29.7 Å². The van der Waals surface area contributed by atoms with E-state index in [1.807, 2.05) is 19.1 Å². The van der Waals surface area contributed by atoms with E-state index in [-0.39, 0.29) is 0 Å². The summed E-state index contributed by atoms with van der Waals surface area (Å²) in [5.74, 6) is 0.788. The third-order valence-electron chi connectivity index (χ3n) is 1.96. The standard InChI is InChI=1S/C10H10N2O/c1-7-9(6-11-2)13-8-4-3-5-12-10(7)8/h3-6H,1-2H3. The second-order valence-corrected chi connectivity index (χ2v) is 2.83. The molecule has 0 saturated heterocycles. The van der Waals surface area contributed by atoms with Gasteiger partial charge < -0.3 is 4.42 Å². The fraction of sp³-hybridized carbons (Fsp3) is 0.200. The van der Waals surface area contributed by atoms with Crippen LogP contribution >= 0.6 is 0 Å². The van der Waals surface area contributed by atoms with Crippen molar-refractivity contribution < 1.29 is 4.42 Å². The van der Waals surface area contributed by atoms with Gasteiger partial charge in [0.25, 0.3) is 0 Å². The molecule has 0 aliphatic rings. The van der Waals surface area contributed by atoms with Crippen LogP contribution in [0, 0.1) is 6.92 Å². The molecule has 3 nitrogen and oxygen atoms in total. The summed E-state index contributed by atoms with van der Waals surface area (Å²) in [6.07, 6.45) is 3.47. The minimum Gasteiger partial charge on any atom is -0.453 e. The fourth-order valence-corrected chi connectivity index (χ4v) is 1.31. The Morgan fingerprint density at radius 2 is 2.38 bits per heavy atom. The van der Waals surface area contributed by atoms with E-state index in [1.165, 1.54) is 0 Å². The van der Waals surface area contributed by atoms with Crippen LogP contribution in [-0.4, -0.2) is 18.2 Å². The van der Waals surface area contributed by atoms with Crippen molar-refractivity contribution in [2.24, 2.45) is 4.99 Å². The fourth-order valence-electron chi connectivity index (χ4n) is 1.31. The summed E-state index contributed by atoms with van der Waals surface area (Å²) in [5, 5.41) is 0. The summed E-state index contributed by atoms with van der Waals surface area (Å²) < 4.78 is 5.53. The number of nitrogens with zero attached hydrogens (tertiary/aromatic N) is 2. The quantitative estimate of drug-likeness (QED) is 0.621. The third kappa shape index (κ3) is 1.22. The molecule has 66 valence electrons. The van der Waals surface area contributed by atoms with Crippen molar-refractivity contribution >= 4 is 17.3 Å². The van der Waals surface area contributed by atoms with Crippen molar-refractivity contribution in [2.75, 3.05) is 7.05 Å². The van der Waals surface area contributed by atoms with Gasteiger partial charge in [-0.15, -0.1) is 0 Å². The van der Waals surface area contributed by atoms with Gasteiger partial charge in [-0.05, 0) is 19.1 Å². The second kappa shape index (κ2) is 3.01. The molecule has 0 radical (unpaired) electrons. The van der Waals surface area contributed by atoms with E-state index in [0.29, 0.717) is 0 Å². The van der Waals surface area contributed by atoms with Gasteiger partial charge >= 0.3 is 0 Å². The number of hydrogen-bond donors (Lipinski definition) is 0. The lowest BCUT2D eigenvalue weighted by Crippen LogP contribution is -1.80. The Morgan fingerprint density at radius 1 is 1.54 bits per heavy atom. The molecule has 0 atom stereocenters. The Balaban J connectivity index is 2.73. The van der Waals surface area contributed by atoms with E-state index >= 15 is 0 Å². The molecule has 2 aromatic heterocycles. The molecule has 0 amide bonds. The molecule has 3 heteroatoms. The zero-order valence-corrected chi connectivity index (χ0v) is 7.61. The van der Waals surface area contributed by atoms with Crippen LogP contribution in [0.5, 0.6) is 0 Å². The maximum absolute atomic E-state index is 5.53. The summed E-state index contributed by atoms with van der Waals surface area (Å²) in [7, 11) is 1.72. The molecule has 2 aromatic rings. The number of aromatic nitrogens is 1. The Hall–Kier alpha value is -1.64. The van der Waals surface area contributed by atoms with Crippen LogP contribution < -0.4 is 0 Å². The second-order valence-electron chi connectivity index (χ2n) is 2.83. The lowest BCUT2D eigenvalue weighted by molar-refractivity contribution is 0.604. The number of aryl methyl sites for hydroxylation is 1. The molecule has 0 aromatic carbocycles. The summed E-state index contributed by atoms with van der Waals surface area (Å²) >= 11 is 0. The van der Waals surface area contributed by atoms with E-state index in [4.69, 9.17) is 4.42 Å². The maximum Gasteiger partial charge on any atom is 0.153 e. The predicted octanol–water partition coefficient (Wildman–Crippen LogP) is 2.18. The SMILES string of the molecule is CN=Cc1oc2cccnc2c1C. The van der Waals surface area contributed by atoms with Crippen molar-refractivity contribution in [2.45, 2.75) is 6.92 Å². The van der Waals surface area contributed by atoms with Gasteiger partial charge in [0, 0.05) is 18.8 Å². The Kier molecular flexibility index (Phi) is 1.85. The zero-order chi connectivity index (χ0) is 9.26. The average molecular weight is 174 g/mol. The summed E-state index contributed by atoms with van der Waals surface area (Å²) in [6.45, 7) is 1.98. The number of aliphatic imine (C=N–C) groups is 1. The monoisotopic (exact) mass is 174 g/mol. The average Bonchev–Trinajstić information content (AvgIpc) is 2.46. The largest absolute Gasteiger partial charge is 0.453 e. The van der Waals surface area contributed by atoms with Gasteiger partial charge in [-0.25, -0.2) is 0 Å². The Bertz CT molecular complexity index is 457. The minimum absolute atomic E-state index is 0.788. The van der Waals surface area contributed by atoms with Crippen LogP contribution in [0.15, 0.2) is 27.7 Å². The molecule has 0 saturated carbocycles. The van der Waals surface area contributed by atoms with Crippen LogP contribution in [0.1, 0.15) is 11.3 Å². The number of pyridine rings is 1. The molecule has 0 N–H and O–H groups in total. The lowest BCUT2D eigenvalue weighted by Gasteiger charge is -1.85. The number of fused-ring (bicyclic) bond motifs is 1. The van der Waals surface area contributed by atoms with Crippen molar-refractivity contribution in [1.29, 1.82) is 0 Å². The first kappa shape index (κ1) is 7.98. The highest BCUT2D eigenvalue weighted by atomic mass is 16.3. The van der Waals surface area contributed by atoms with E-state index < -0.39 is 0 Å². The first-order chi connectivity index (χ1) is 6.33. The molecular weight excluding hydrogens is 164 g/mol. The predicted molar refractivity (Wildman–Crippen MR) is 52.3 cm³/mol. The highest BCUT2D eigenvalue weighted by molar-refractivity contribution is 5.88. The van der Waals surface area contributed by atoms with E-state index in [0.717, 1.165) is 22.4 Å². The molecule has 0 fully saturated rings. The molecule has 0 aliphatic carbocycles. The van der Waals surface area contributed by atoms with Crippen LogP contribution in [0.4, 0.5) is 0 Å². The molecule has 2 heterocycles. The van der Waals surface area contributed by atoms with Crippen LogP contribution in [-0.2, 0) is 0 Å². The van der Waals surface area contributed by atoms with Crippen molar-refractivity contribution in [1.82, 2.24) is 4.98 Å². The Morgan fingerprint density at radius 3 is 3.08 bits per heavy atom. The maximum atomic E-state index is 5.53. The number of hydrogen-bond acceptors (Lipinski definition) is 3. The third-order valence-corrected chi connectivity index (χ3v) is 1.96. The first-order valence-corrected chi connectivity index (χ1v) is 4.09. The van der Waals surface area contributed by atoms with Crippen molar-refractivity contribution in [3.63, 3.8) is 0 Å². The van der Waals surface area contributed by atoms with Crippen LogP contribution in [0.25, 0.3) is 11.1 Å². The molecule has 0 aliphatic heterocycles. The number of furan rings is 1. The zero-order valence-electron chi connectivity index (χ0n) is 7.61. The molecule has 0 spiro atoms. The lowest BCUT2D eigenvalue weighted by atomic mass is 10.2. The van der Waals surface area contributed by atoms with Gasteiger partial charge in [0.1, 0.15) is 5.52 Å². The van der Waals surface area contributed by atoms with Gasteiger partial charge in [-0.3, -0.25) is 9.98 Å². The van der Waals surface area contributed by atoms with Gasteiger partial charge in [-0.1, -0.05) is 0 Å².